The molecule has 12 heteroatoms. The highest BCUT2D eigenvalue weighted by Crippen LogP contribution is 2.30. The lowest BCUT2D eigenvalue weighted by atomic mass is 9.99. The Morgan fingerprint density at radius 3 is 2.81 bits per heavy atom. The van der Waals surface area contributed by atoms with Crippen LogP contribution in [0.25, 0.3) is 11.5 Å². The smallest absolute Gasteiger partial charge is 0.302 e. The normalized spacial score (nSPS) is 11.1. The molecule has 0 spiro atoms. The van der Waals surface area contributed by atoms with Gasteiger partial charge in [0.05, 0.1) is 41.3 Å². The zero-order valence-electron chi connectivity index (χ0n) is 16.9. The summed E-state index contributed by atoms with van der Waals surface area (Å²) in [7, 11) is 1.53. The number of halogens is 1. The van der Waals surface area contributed by atoms with Crippen LogP contribution in [-0.2, 0) is 16.1 Å². The highest BCUT2D eigenvalue weighted by atomic mass is 79.9. The van der Waals surface area contributed by atoms with Gasteiger partial charge in [0.15, 0.2) is 5.78 Å². The maximum Gasteiger partial charge on any atom is 0.302 e. The van der Waals surface area contributed by atoms with Gasteiger partial charge in [-0.2, -0.15) is 4.80 Å². The first-order chi connectivity index (χ1) is 14.8. The molecule has 3 aromatic rings. The number of rotatable bonds is 8. The predicted octanol–water partition coefficient (Wildman–Crippen LogP) is 2.35. The zero-order valence-corrected chi connectivity index (χ0v) is 18.5. The second-order valence-corrected chi connectivity index (χ2v) is 7.24. The van der Waals surface area contributed by atoms with Gasteiger partial charge in [-0.15, -0.1) is 10.2 Å². The summed E-state index contributed by atoms with van der Waals surface area (Å²) in [4.78, 5) is 28.4. The summed E-state index contributed by atoms with van der Waals surface area (Å²) in [5.74, 6) is 0.139. The highest BCUT2D eigenvalue weighted by molar-refractivity contribution is 9.10. The molecule has 0 unspecified atom stereocenters. The van der Waals surface area contributed by atoms with Gasteiger partial charge in [0.2, 0.25) is 5.82 Å². The summed E-state index contributed by atoms with van der Waals surface area (Å²) >= 11 is 3.38. The fourth-order valence-electron chi connectivity index (χ4n) is 2.95. The minimum atomic E-state index is -0.401. The first kappa shape index (κ1) is 22.2. The Labute approximate surface area is 185 Å². The van der Waals surface area contributed by atoms with E-state index in [2.05, 4.69) is 41.5 Å². The Morgan fingerprint density at radius 2 is 2.16 bits per heavy atom. The molecule has 2 aromatic heterocycles. The number of aromatic amines is 1. The maximum atomic E-state index is 13.2. The third-order valence-corrected chi connectivity index (χ3v) is 5.00. The molecule has 0 saturated heterocycles. The monoisotopic (exact) mass is 490 g/mol. The molecule has 162 valence electrons. The van der Waals surface area contributed by atoms with Crippen molar-refractivity contribution in [2.24, 2.45) is 5.16 Å². The first-order valence-corrected chi connectivity index (χ1v) is 9.84. The number of carbonyl (C=O) groups excluding carboxylic acids is 2. The molecule has 0 amide bonds. The maximum absolute atomic E-state index is 13.2. The molecule has 0 aliphatic carbocycles. The van der Waals surface area contributed by atoms with Crippen molar-refractivity contribution in [2.45, 2.75) is 20.4 Å². The van der Waals surface area contributed by atoms with Crippen molar-refractivity contribution >= 4 is 33.9 Å². The summed E-state index contributed by atoms with van der Waals surface area (Å²) in [5.41, 5.74) is 2.02. The lowest BCUT2D eigenvalue weighted by Gasteiger charge is -2.06. The fraction of sp³-hybridized carbons (Fsp3) is 0.263. The van der Waals surface area contributed by atoms with E-state index >= 15 is 0 Å². The van der Waals surface area contributed by atoms with E-state index in [1.807, 2.05) is 0 Å². The van der Waals surface area contributed by atoms with Gasteiger partial charge in [0.25, 0.3) is 0 Å². The number of hydrogen-bond acceptors (Lipinski definition) is 9. The van der Waals surface area contributed by atoms with Crippen molar-refractivity contribution in [1.82, 2.24) is 25.2 Å². The third-order valence-electron chi connectivity index (χ3n) is 4.38. The topological polar surface area (TPSA) is 145 Å². The van der Waals surface area contributed by atoms with Gasteiger partial charge in [0, 0.05) is 12.5 Å². The molecule has 31 heavy (non-hydrogen) atoms. The van der Waals surface area contributed by atoms with Crippen molar-refractivity contribution in [3.63, 3.8) is 0 Å². The molecule has 0 aliphatic rings. The number of ether oxygens (including phenoxy) is 2. The van der Waals surface area contributed by atoms with Gasteiger partial charge in [-0.3, -0.25) is 9.59 Å². The first-order valence-electron chi connectivity index (χ1n) is 9.05. The molecular formula is C19H19BrN6O5. The van der Waals surface area contributed by atoms with Gasteiger partial charge < -0.3 is 19.7 Å². The van der Waals surface area contributed by atoms with Crippen LogP contribution >= 0.6 is 15.9 Å². The van der Waals surface area contributed by atoms with Crippen LogP contribution in [0.3, 0.4) is 0 Å². The van der Waals surface area contributed by atoms with Crippen LogP contribution in [0.2, 0.25) is 0 Å². The number of methoxy groups -OCH3 is 1. The van der Waals surface area contributed by atoms with E-state index in [1.54, 1.807) is 25.1 Å². The van der Waals surface area contributed by atoms with Crippen LogP contribution in [0, 0.1) is 6.92 Å². The number of benzene rings is 1. The van der Waals surface area contributed by atoms with Crippen LogP contribution in [0.5, 0.6) is 5.75 Å². The molecule has 0 aliphatic heterocycles. The molecular weight excluding hydrogens is 472 g/mol. The summed E-state index contributed by atoms with van der Waals surface area (Å²) in [5, 5.41) is 24.3. The fourth-order valence-corrected chi connectivity index (χ4v) is 3.49. The standard InChI is InChI=1S/C19H19BrN6O5/c1-10-16(18(28)12-4-5-15(30-3)13(20)8-12)14(9-21-29)22-17(10)19-23-25-26(24-19)6-7-31-11(2)27/h4-5,8-9,22,29H,6-7H2,1-3H3/b21-9+. The van der Waals surface area contributed by atoms with E-state index in [9.17, 15) is 9.59 Å². The van der Waals surface area contributed by atoms with Gasteiger partial charge in [-0.05, 0) is 51.8 Å². The number of ketones is 1. The summed E-state index contributed by atoms with van der Waals surface area (Å²) in [6, 6.07) is 4.97. The van der Waals surface area contributed by atoms with Crippen molar-refractivity contribution in [3.05, 3.63) is 45.1 Å². The number of hydrogen-bond donors (Lipinski definition) is 2. The van der Waals surface area contributed by atoms with Gasteiger partial charge in [0.1, 0.15) is 12.4 Å². The Kier molecular flexibility index (Phi) is 6.80. The molecule has 11 nitrogen and oxygen atoms in total. The van der Waals surface area contributed by atoms with Crippen molar-refractivity contribution in [1.29, 1.82) is 0 Å². The molecule has 3 rings (SSSR count). The quantitative estimate of drug-likeness (QED) is 0.161. The second kappa shape index (κ2) is 9.51. The van der Waals surface area contributed by atoms with Crippen LogP contribution in [-0.4, -0.2) is 62.1 Å². The lowest BCUT2D eigenvalue weighted by Crippen LogP contribution is -2.11. The Balaban J connectivity index is 1.96. The summed E-state index contributed by atoms with van der Waals surface area (Å²) < 4.78 is 10.7. The number of oxime groups is 1. The Morgan fingerprint density at radius 1 is 1.39 bits per heavy atom. The minimum absolute atomic E-state index is 0.105. The number of esters is 1. The molecule has 2 heterocycles. The molecule has 2 N–H and O–H groups in total. The van der Waals surface area contributed by atoms with E-state index in [0.29, 0.717) is 38.3 Å². The van der Waals surface area contributed by atoms with Crippen molar-refractivity contribution in [2.75, 3.05) is 13.7 Å². The largest absolute Gasteiger partial charge is 0.496 e. The molecule has 0 saturated carbocycles. The number of nitrogens with one attached hydrogen (secondary N) is 1. The van der Waals surface area contributed by atoms with E-state index in [0.717, 1.165) is 6.21 Å². The van der Waals surface area contributed by atoms with E-state index in [-0.39, 0.29) is 24.8 Å². The Bertz CT molecular complexity index is 1150. The minimum Gasteiger partial charge on any atom is -0.496 e. The van der Waals surface area contributed by atoms with Crippen molar-refractivity contribution < 1.29 is 24.3 Å². The predicted molar refractivity (Wildman–Crippen MR) is 112 cm³/mol. The van der Waals surface area contributed by atoms with Crippen LogP contribution < -0.4 is 4.74 Å². The van der Waals surface area contributed by atoms with Gasteiger partial charge >= 0.3 is 5.97 Å². The van der Waals surface area contributed by atoms with E-state index < -0.39 is 5.97 Å². The lowest BCUT2D eigenvalue weighted by molar-refractivity contribution is -0.141. The van der Waals surface area contributed by atoms with Crippen LogP contribution in [0.1, 0.15) is 34.1 Å². The number of carbonyl (C=O) groups is 2. The molecule has 0 fully saturated rings. The van der Waals surface area contributed by atoms with Gasteiger partial charge in [-0.25, -0.2) is 0 Å². The van der Waals surface area contributed by atoms with Crippen LogP contribution in [0.15, 0.2) is 27.8 Å². The average Bonchev–Trinajstić information content (AvgIpc) is 3.32. The summed E-state index contributed by atoms with van der Waals surface area (Å²) in [6.45, 7) is 3.37. The van der Waals surface area contributed by atoms with Crippen molar-refractivity contribution in [3.8, 4) is 17.3 Å². The van der Waals surface area contributed by atoms with E-state index in [4.69, 9.17) is 14.7 Å². The molecule has 0 radical (unpaired) electrons. The van der Waals surface area contributed by atoms with Gasteiger partial charge in [-0.1, -0.05) is 5.16 Å². The Hall–Kier alpha value is -3.54. The van der Waals surface area contributed by atoms with E-state index in [1.165, 1.54) is 18.8 Å². The molecule has 1 aromatic carbocycles. The third kappa shape index (κ3) is 4.79. The number of tetrazole rings is 1. The number of nitrogens with zero attached hydrogens (tertiary/aromatic N) is 5. The van der Waals surface area contributed by atoms with Crippen LogP contribution in [0.4, 0.5) is 0 Å². The SMILES string of the molecule is COc1ccc(C(=O)c2c(/C=N/O)[nH]c(-c3nnn(CCOC(C)=O)n3)c2C)cc1Br. The number of aromatic nitrogens is 5. The molecule has 0 bridgehead atoms. The number of H-pyrrole nitrogens is 1. The zero-order chi connectivity index (χ0) is 22.5. The molecule has 0 atom stereocenters. The summed E-state index contributed by atoms with van der Waals surface area (Å²) in [6.07, 6.45) is 1.13. The highest BCUT2D eigenvalue weighted by Gasteiger charge is 2.24. The second-order valence-electron chi connectivity index (χ2n) is 6.39. The average molecular weight is 491 g/mol.